The van der Waals surface area contributed by atoms with Crippen molar-refractivity contribution in [3.63, 3.8) is 0 Å². The third-order valence-electron chi connectivity index (χ3n) is 5.14. The highest BCUT2D eigenvalue weighted by Crippen LogP contribution is 2.32. The fourth-order valence-electron chi connectivity index (χ4n) is 3.82. The van der Waals surface area contributed by atoms with Gasteiger partial charge in [0.05, 0.1) is 25.3 Å². The van der Waals surface area contributed by atoms with Crippen molar-refractivity contribution in [1.29, 1.82) is 0 Å². The lowest BCUT2D eigenvalue weighted by Gasteiger charge is -2.30. The van der Waals surface area contributed by atoms with E-state index in [0.29, 0.717) is 29.8 Å². The van der Waals surface area contributed by atoms with Crippen molar-refractivity contribution in [2.24, 2.45) is 0 Å². The van der Waals surface area contributed by atoms with E-state index in [0.717, 1.165) is 5.69 Å². The third-order valence-corrected chi connectivity index (χ3v) is 5.14. The summed E-state index contributed by atoms with van der Waals surface area (Å²) in [5.41, 5.74) is 1.20. The van der Waals surface area contributed by atoms with Gasteiger partial charge < -0.3 is 20.0 Å². The summed E-state index contributed by atoms with van der Waals surface area (Å²) < 4.78 is 1.55. The predicted octanol–water partition coefficient (Wildman–Crippen LogP) is 0.893. The number of fused-ring (bicyclic) bond motifs is 3. The number of likely N-dealkylation sites (N-methyl/N-ethyl adjacent to an activating group) is 1. The number of carboxylic acid groups (broad SMARTS) is 1. The van der Waals surface area contributed by atoms with E-state index in [1.165, 1.54) is 9.80 Å². The van der Waals surface area contributed by atoms with Gasteiger partial charge in [0.1, 0.15) is 11.3 Å². The number of nitrogens with zero attached hydrogens (tertiary/aromatic N) is 4. The number of hydrogen-bond acceptors (Lipinski definition) is 4. The van der Waals surface area contributed by atoms with Crippen LogP contribution < -0.4 is 0 Å². The van der Waals surface area contributed by atoms with Crippen LogP contribution in [0.25, 0.3) is 0 Å². The summed E-state index contributed by atoms with van der Waals surface area (Å²) in [6, 6.07) is 9.23. The minimum absolute atomic E-state index is 0.136. The van der Waals surface area contributed by atoms with Crippen LogP contribution in [0.1, 0.15) is 27.3 Å². The molecule has 0 aliphatic carbocycles. The van der Waals surface area contributed by atoms with Gasteiger partial charge in [-0.1, -0.05) is 30.3 Å². The van der Waals surface area contributed by atoms with Crippen LogP contribution in [0.3, 0.4) is 0 Å². The van der Waals surface area contributed by atoms with E-state index in [1.807, 2.05) is 30.3 Å². The SMILES string of the molecule is CN1CC(O)(c2ccccc2)Cn2nc3c(c2C1=O)CN(C(=O)O)CC3. The van der Waals surface area contributed by atoms with E-state index in [9.17, 15) is 19.8 Å². The van der Waals surface area contributed by atoms with E-state index in [1.54, 1.807) is 11.7 Å². The lowest BCUT2D eigenvalue weighted by Crippen LogP contribution is -2.42. The molecule has 4 rings (SSSR count). The molecule has 2 aromatic rings. The van der Waals surface area contributed by atoms with Crippen LogP contribution >= 0.6 is 0 Å². The molecular formula is C18H20N4O4. The fourth-order valence-corrected chi connectivity index (χ4v) is 3.82. The van der Waals surface area contributed by atoms with Gasteiger partial charge in [-0.15, -0.1) is 0 Å². The van der Waals surface area contributed by atoms with E-state index in [-0.39, 0.29) is 25.5 Å². The van der Waals surface area contributed by atoms with Gasteiger partial charge in [0.15, 0.2) is 0 Å². The molecule has 2 N–H and O–H groups in total. The first-order chi connectivity index (χ1) is 12.4. The normalized spacial score (nSPS) is 22.6. The molecule has 2 aliphatic rings. The third kappa shape index (κ3) is 2.53. The highest BCUT2D eigenvalue weighted by Gasteiger charge is 2.41. The maximum absolute atomic E-state index is 13.0. The van der Waals surface area contributed by atoms with Gasteiger partial charge in [-0.05, 0) is 5.56 Å². The van der Waals surface area contributed by atoms with E-state index in [4.69, 9.17) is 0 Å². The second-order valence-corrected chi connectivity index (χ2v) is 6.94. The lowest BCUT2D eigenvalue weighted by molar-refractivity contribution is -0.00312. The van der Waals surface area contributed by atoms with Gasteiger partial charge in [0, 0.05) is 25.6 Å². The average molecular weight is 356 g/mol. The Balaban J connectivity index is 1.80. The van der Waals surface area contributed by atoms with Crippen LogP contribution in [0.15, 0.2) is 30.3 Å². The molecule has 0 saturated heterocycles. The first kappa shape index (κ1) is 16.6. The summed E-state index contributed by atoms with van der Waals surface area (Å²) in [7, 11) is 1.64. The fraction of sp³-hybridized carbons (Fsp3) is 0.389. The summed E-state index contributed by atoms with van der Waals surface area (Å²) in [4.78, 5) is 27.0. The number of hydrogen-bond donors (Lipinski definition) is 2. The number of rotatable bonds is 1. The van der Waals surface area contributed by atoms with Crippen molar-refractivity contribution in [3.05, 3.63) is 52.8 Å². The maximum Gasteiger partial charge on any atom is 0.407 e. The Bertz CT molecular complexity index is 879. The molecule has 8 nitrogen and oxygen atoms in total. The molecule has 1 unspecified atom stereocenters. The van der Waals surface area contributed by atoms with Gasteiger partial charge >= 0.3 is 6.09 Å². The van der Waals surface area contributed by atoms with Gasteiger partial charge in [-0.3, -0.25) is 9.48 Å². The maximum atomic E-state index is 13.0. The predicted molar refractivity (Wildman–Crippen MR) is 91.7 cm³/mol. The topological polar surface area (TPSA) is 98.9 Å². The molecule has 26 heavy (non-hydrogen) atoms. The van der Waals surface area contributed by atoms with E-state index in [2.05, 4.69) is 5.10 Å². The molecule has 0 saturated carbocycles. The molecule has 0 spiro atoms. The molecule has 0 radical (unpaired) electrons. The Morgan fingerprint density at radius 3 is 2.65 bits per heavy atom. The number of amides is 2. The van der Waals surface area contributed by atoms with Crippen molar-refractivity contribution in [2.45, 2.75) is 25.1 Å². The van der Waals surface area contributed by atoms with Gasteiger partial charge in [-0.25, -0.2) is 4.79 Å². The number of aromatic nitrogens is 2. The smallest absolute Gasteiger partial charge is 0.407 e. The van der Waals surface area contributed by atoms with Gasteiger partial charge in [0.2, 0.25) is 0 Å². The summed E-state index contributed by atoms with van der Waals surface area (Å²) >= 11 is 0. The molecule has 0 bridgehead atoms. The van der Waals surface area contributed by atoms with Crippen LogP contribution in [-0.2, 0) is 25.1 Å². The molecule has 2 amide bonds. The summed E-state index contributed by atoms with van der Waals surface area (Å²) in [5.74, 6) is -0.252. The zero-order valence-electron chi connectivity index (χ0n) is 14.4. The van der Waals surface area contributed by atoms with E-state index < -0.39 is 11.7 Å². The molecule has 2 aliphatic heterocycles. The summed E-state index contributed by atoms with van der Waals surface area (Å²) in [6.45, 7) is 0.772. The minimum atomic E-state index is -1.27. The number of aliphatic hydroxyl groups is 1. The van der Waals surface area contributed by atoms with Crippen LogP contribution in [0.5, 0.6) is 0 Å². The summed E-state index contributed by atoms with van der Waals surface area (Å²) in [5, 5.41) is 25.1. The van der Waals surface area contributed by atoms with Crippen molar-refractivity contribution >= 4 is 12.0 Å². The van der Waals surface area contributed by atoms with Crippen LogP contribution in [0.2, 0.25) is 0 Å². The Kier molecular flexibility index (Phi) is 3.73. The Hall–Kier alpha value is -2.87. The zero-order chi connectivity index (χ0) is 18.5. The molecule has 1 aromatic carbocycles. The number of carbonyl (C=O) groups excluding carboxylic acids is 1. The first-order valence-electron chi connectivity index (χ1n) is 8.49. The Morgan fingerprint density at radius 1 is 1.23 bits per heavy atom. The second kappa shape index (κ2) is 5.84. The zero-order valence-corrected chi connectivity index (χ0v) is 14.4. The van der Waals surface area contributed by atoms with Gasteiger partial charge in [0.25, 0.3) is 5.91 Å². The molecule has 8 heteroatoms. The largest absolute Gasteiger partial charge is 0.465 e. The van der Waals surface area contributed by atoms with Crippen LogP contribution in [0.4, 0.5) is 4.79 Å². The number of carbonyl (C=O) groups is 2. The van der Waals surface area contributed by atoms with Crippen molar-refractivity contribution in [1.82, 2.24) is 19.6 Å². The molecular weight excluding hydrogens is 336 g/mol. The van der Waals surface area contributed by atoms with E-state index >= 15 is 0 Å². The lowest BCUT2D eigenvalue weighted by atomic mass is 9.93. The summed E-state index contributed by atoms with van der Waals surface area (Å²) in [6.07, 6.45) is -0.548. The number of benzene rings is 1. The highest BCUT2D eigenvalue weighted by molar-refractivity contribution is 5.94. The average Bonchev–Trinajstić information content (AvgIpc) is 2.93. The molecule has 1 atom stereocenters. The van der Waals surface area contributed by atoms with Gasteiger partial charge in [-0.2, -0.15) is 5.10 Å². The van der Waals surface area contributed by atoms with Crippen LogP contribution in [0, 0.1) is 0 Å². The minimum Gasteiger partial charge on any atom is -0.465 e. The van der Waals surface area contributed by atoms with Crippen LogP contribution in [-0.4, -0.2) is 61.9 Å². The number of β-amino-alcohol motifs (C(OH)–C–C–N with tert-alkyl or cyclic N) is 1. The quantitative estimate of drug-likeness (QED) is 0.791. The van der Waals surface area contributed by atoms with Crippen molar-refractivity contribution in [3.8, 4) is 0 Å². The first-order valence-corrected chi connectivity index (χ1v) is 8.49. The monoisotopic (exact) mass is 356 g/mol. The molecule has 0 fully saturated rings. The standard InChI is InChI=1S/C18H20N4O4/c1-20-10-18(26,12-5-3-2-4-6-12)11-22-15(16(20)23)13-9-21(17(24)25)8-7-14(13)19-22/h2-6,26H,7-11H2,1H3,(H,24,25). The molecule has 136 valence electrons. The Morgan fingerprint density at radius 2 is 1.96 bits per heavy atom. The second-order valence-electron chi connectivity index (χ2n) is 6.94. The van der Waals surface area contributed by atoms with Crippen molar-refractivity contribution in [2.75, 3.05) is 20.1 Å². The van der Waals surface area contributed by atoms with Crippen molar-refractivity contribution < 1.29 is 19.8 Å². The highest BCUT2D eigenvalue weighted by atomic mass is 16.4. The Labute approximate surface area is 150 Å². The molecule has 1 aromatic heterocycles. The molecule has 3 heterocycles.